The number of rotatable bonds is 3. The molecule has 1 aliphatic carbocycles. The summed E-state index contributed by atoms with van der Waals surface area (Å²) in [7, 11) is 1.82. The number of pyridine rings is 1. The summed E-state index contributed by atoms with van der Waals surface area (Å²) in [4.78, 5) is 28.7. The molecule has 0 aliphatic heterocycles. The second kappa shape index (κ2) is 6.50. The topological polar surface area (TPSA) is 70.5 Å². The van der Waals surface area contributed by atoms with E-state index < -0.39 is 5.97 Å². The van der Waals surface area contributed by atoms with Gasteiger partial charge in [-0.15, -0.1) is 0 Å². The number of carboxylic acid groups (broad SMARTS) is 1. The Morgan fingerprint density at radius 2 is 1.85 bits per heavy atom. The lowest BCUT2D eigenvalue weighted by Crippen LogP contribution is -2.36. The lowest BCUT2D eigenvalue weighted by molar-refractivity contribution is 0.0683. The summed E-state index contributed by atoms with van der Waals surface area (Å²) in [6, 6.07) is 3.19. The minimum atomic E-state index is -1.08. The number of amides is 1. The van der Waals surface area contributed by atoms with Crippen LogP contribution in [0.2, 0.25) is 0 Å². The molecule has 0 saturated heterocycles. The molecule has 0 radical (unpaired) electrons. The van der Waals surface area contributed by atoms with Gasteiger partial charge in [-0.3, -0.25) is 4.79 Å². The monoisotopic (exact) mass is 276 g/mol. The maximum absolute atomic E-state index is 12.4. The van der Waals surface area contributed by atoms with Crippen molar-refractivity contribution in [2.45, 2.75) is 44.6 Å². The molecule has 5 heteroatoms. The molecule has 5 nitrogen and oxygen atoms in total. The number of carbonyl (C=O) groups is 2. The molecule has 1 aliphatic rings. The van der Waals surface area contributed by atoms with Gasteiger partial charge in [0.1, 0.15) is 5.69 Å². The maximum atomic E-state index is 12.4. The molecule has 1 saturated carbocycles. The quantitative estimate of drug-likeness (QED) is 0.861. The number of carbonyl (C=O) groups excluding carboxylic acids is 1. The minimum absolute atomic E-state index is 0.0429. The number of nitrogens with zero attached hydrogens (tertiary/aromatic N) is 2. The van der Waals surface area contributed by atoms with Crippen LogP contribution in [-0.2, 0) is 0 Å². The van der Waals surface area contributed by atoms with Gasteiger partial charge in [0.2, 0.25) is 0 Å². The van der Waals surface area contributed by atoms with E-state index in [-0.39, 0.29) is 17.6 Å². The Hall–Kier alpha value is -1.91. The van der Waals surface area contributed by atoms with Crippen LogP contribution in [0.1, 0.15) is 59.4 Å². The van der Waals surface area contributed by atoms with Gasteiger partial charge in [-0.2, -0.15) is 0 Å². The fourth-order valence-electron chi connectivity index (χ4n) is 2.66. The predicted octanol–water partition coefficient (Wildman–Crippen LogP) is 2.57. The number of aromatic nitrogens is 1. The highest BCUT2D eigenvalue weighted by atomic mass is 16.4. The predicted molar refractivity (Wildman–Crippen MR) is 74.8 cm³/mol. The van der Waals surface area contributed by atoms with Gasteiger partial charge in [0.05, 0.1) is 5.56 Å². The molecular formula is C15H20N2O3. The zero-order chi connectivity index (χ0) is 14.5. The SMILES string of the molecule is CN(C(=O)c1ccc(C(=O)O)nc1)C1CCCCCC1. The van der Waals surface area contributed by atoms with E-state index in [9.17, 15) is 9.59 Å². The van der Waals surface area contributed by atoms with Crippen molar-refractivity contribution in [1.82, 2.24) is 9.88 Å². The van der Waals surface area contributed by atoms with Crippen molar-refractivity contribution in [1.29, 1.82) is 0 Å². The molecular weight excluding hydrogens is 256 g/mol. The Bertz CT molecular complexity index is 476. The van der Waals surface area contributed by atoms with Gasteiger partial charge in [-0.05, 0) is 25.0 Å². The molecule has 1 amide bonds. The molecule has 0 unspecified atom stereocenters. The fourth-order valence-corrected chi connectivity index (χ4v) is 2.66. The molecule has 0 aromatic carbocycles. The van der Waals surface area contributed by atoms with Gasteiger partial charge in [-0.1, -0.05) is 25.7 Å². The number of aromatic carboxylic acids is 1. The van der Waals surface area contributed by atoms with Crippen LogP contribution in [0.25, 0.3) is 0 Å². The van der Waals surface area contributed by atoms with Gasteiger partial charge in [0, 0.05) is 19.3 Å². The van der Waals surface area contributed by atoms with Crippen molar-refractivity contribution in [2.24, 2.45) is 0 Å². The Morgan fingerprint density at radius 3 is 2.35 bits per heavy atom. The van der Waals surface area contributed by atoms with E-state index in [4.69, 9.17) is 5.11 Å². The normalized spacial score (nSPS) is 16.4. The first-order valence-corrected chi connectivity index (χ1v) is 7.06. The van der Waals surface area contributed by atoms with Crippen molar-refractivity contribution < 1.29 is 14.7 Å². The highest BCUT2D eigenvalue weighted by Gasteiger charge is 2.22. The van der Waals surface area contributed by atoms with Gasteiger partial charge < -0.3 is 10.0 Å². The van der Waals surface area contributed by atoms with Crippen LogP contribution in [0.3, 0.4) is 0 Å². The molecule has 1 N–H and O–H groups in total. The number of hydrogen-bond acceptors (Lipinski definition) is 3. The van der Waals surface area contributed by atoms with Gasteiger partial charge in [-0.25, -0.2) is 9.78 Å². The molecule has 108 valence electrons. The van der Waals surface area contributed by atoms with Crippen LogP contribution >= 0.6 is 0 Å². The Kier molecular flexibility index (Phi) is 4.71. The lowest BCUT2D eigenvalue weighted by Gasteiger charge is -2.27. The molecule has 1 fully saturated rings. The van der Waals surface area contributed by atoms with E-state index in [0.29, 0.717) is 5.56 Å². The molecule has 0 atom stereocenters. The summed E-state index contributed by atoms with van der Waals surface area (Å²) in [5.41, 5.74) is 0.403. The van der Waals surface area contributed by atoms with Crippen molar-refractivity contribution in [3.05, 3.63) is 29.6 Å². The Labute approximate surface area is 118 Å². The summed E-state index contributed by atoms with van der Waals surface area (Å²) in [6.45, 7) is 0. The molecule has 2 rings (SSSR count). The Morgan fingerprint density at radius 1 is 1.20 bits per heavy atom. The molecule has 0 bridgehead atoms. The summed E-state index contributed by atoms with van der Waals surface area (Å²) in [5, 5.41) is 8.80. The molecule has 0 spiro atoms. The van der Waals surface area contributed by atoms with Crippen LogP contribution < -0.4 is 0 Å². The van der Waals surface area contributed by atoms with E-state index in [1.807, 2.05) is 7.05 Å². The summed E-state index contributed by atoms with van der Waals surface area (Å²) in [6.07, 6.45) is 8.25. The third kappa shape index (κ3) is 3.35. The van der Waals surface area contributed by atoms with Crippen molar-refractivity contribution in [3.63, 3.8) is 0 Å². The molecule has 20 heavy (non-hydrogen) atoms. The van der Waals surface area contributed by atoms with Gasteiger partial charge in [0.25, 0.3) is 5.91 Å². The second-order valence-electron chi connectivity index (χ2n) is 5.30. The van der Waals surface area contributed by atoms with Crippen LogP contribution in [0.5, 0.6) is 0 Å². The molecule has 1 aromatic rings. The standard InChI is InChI=1S/C15H20N2O3/c1-17(12-6-4-2-3-5-7-12)14(18)11-8-9-13(15(19)20)16-10-11/h8-10,12H,2-7H2,1H3,(H,19,20). The summed E-state index contributed by atoms with van der Waals surface area (Å²) < 4.78 is 0. The smallest absolute Gasteiger partial charge is 0.354 e. The largest absolute Gasteiger partial charge is 0.477 e. The van der Waals surface area contributed by atoms with E-state index in [2.05, 4.69) is 4.98 Å². The average Bonchev–Trinajstić information content (AvgIpc) is 2.75. The average molecular weight is 276 g/mol. The molecule has 1 heterocycles. The van der Waals surface area contributed by atoms with Crippen molar-refractivity contribution in [3.8, 4) is 0 Å². The van der Waals surface area contributed by atoms with E-state index in [1.165, 1.54) is 44.0 Å². The van der Waals surface area contributed by atoms with E-state index in [1.54, 1.807) is 4.90 Å². The van der Waals surface area contributed by atoms with Crippen molar-refractivity contribution >= 4 is 11.9 Å². The Balaban J connectivity index is 2.07. The van der Waals surface area contributed by atoms with Gasteiger partial charge >= 0.3 is 5.97 Å². The lowest BCUT2D eigenvalue weighted by atomic mass is 10.1. The van der Waals surface area contributed by atoms with Crippen LogP contribution in [0, 0.1) is 0 Å². The first-order chi connectivity index (χ1) is 9.59. The zero-order valence-corrected chi connectivity index (χ0v) is 11.7. The fraction of sp³-hybridized carbons (Fsp3) is 0.533. The van der Waals surface area contributed by atoms with Crippen LogP contribution in [0.4, 0.5) is 0 Å². The third-order valence-electron chi connectivity index (χ3n) is 3.92. The first kappa shape index (κ1) is 14.5. The van der Waals surface area contributed by atoms with Crippen LogP contribution in [0.15, 0.2) is 18.3 Å². The number of carboxylic acids is 1. The van der Waals surface area contributed by atoms with E-state index in [0.717, 1.165) is 12.8 Å². The summed E-state index contributed by atoms with van der Waals surface area (Å²) in [5.74, 6) is -1.16. The van der Waals surface area contributed by atoms with E-state index >= 15 is 0 Å². The summed E-state index contributed by atoms with van der Waals surface area (Å²) >= 11 is 0. The number of hydrogen-bond donors (Lipinski definition) is 1. The third-order valence-corrected chi connectivity index (χ3v) is 3.92. The van der Waals surface area contributed by atoms with Crippen LogP contribution in [-0.4, -0.2) is 40.0 Å². The second-order valence-corrected chi connectivity index (χ2v) is 5.30. The first-order valence-electron chi connectivity index (χ1n) is 7.06. The maximum Gasteiger partial charge on any atom is 0.354 e. The highest BCUT2D eigenvalue weighted by molar-refractivity contribution is 5.94. The molecule has 1 aromatic heterocycles. The van der Waals surface area contributed by atoms with Gasteiger partial charge in [0.15, 0.2) is 0 Å². The highest BCUT2D eigenvalue weighted by Crippen LogP contribution is 2.22. The zero-order valence-electron chi connectivity index (χ0n) is 11.7. The van der Waals surface area contributed by atoms with Crippen molar-refractivity contribution in [2.75, 3.05) is 7.05 Å². The minimum Gasteiger partial charge on any atom is -0.477 e.